The number of anilines is 1. The monoisotopic (exact) mass is 414 g/mol. The number of nitrogens with zero attached hydrogens (tertiary/aromatic N) is 4. The van der Waals surface area contributed by atoms with Crippen molar-refractivity contribution in [1.82, 2.24) is 25.5 Å². The third-order valence-electron chi connectivity index (χ3n) is 4.39. The molecule has 0 unspecified atom stereocenters. The lowest BCUT2D eigenvalue weighted by Gasteiger charge is -2.08. The van der Waals surface area contributed by atoms with Crippen molar-refractivity contribution in [2.24, 2.45) is 0 Å². The SMILES string of the molecule is CNC(=O)c1cc(Oc2ccc3nnc(NC(=O)c4ccc(C)cc4)nc3c2)ccn1. The zero-order valence-corrected chi connectivity index (χ0v) is 16.8. The van der Waals surface area contributed by atoms with Gasteiger partial charge in [-0.3, -0.25) is 19.9 Å². The fraction of sp³-hybridized carbons (Fsp3) is 0.0909. The second-order valence-corrected chi connectivity index (χ2v) is 6.66. The smallest absolute Gasteiger partial charge is 0.269 e. The molecule has 0 saturated heterocycles. The number of carbonyl (C=O) groups is 2. The Balaban J connectivity index is 1.55. The molecule has 0 aliphatic carbocycles. The molecule has 0 saturated carbocycles. The number of hydrogen-bond donors (Lipinski definition) is 2. The molecule has 0 fully saturated rings. The zero-order valence-electron chi connectivity index (χ0n) is 16.8. The highest BCUT2D eigenvalue weighted by atomic mass is 16.5. The van der Waals surface area contributed by atoms with E-state index in [9.17, 15) is 9.59 Å². The Morgan fingerprint density at radius 2 is 1.65 bits per heavy atom. The molecule has 9 heteroatoms. The molecule has 2 aromatic carbocycles. The highest BCUT2D eigenvalue weighted by molar-refractivity contribution is 6.03. The number of ether oxygens (including phenoxy) is 1. The highest BCUT2D eigenvalue weighted by Crippen LogP contribution is 2.24. The van der Waals surface area contributed by atoms with E-state index in [0.29, 0.717) is 28.1 Å². The summed E-state index contributed by atoms with van der Waals surface area (Å²) in [7, 11) is 1.53. The summed E-state index contributed by atoms with van der Waals surface area (Å²) in [6, 6.07) is 15.4. The predicted octanol–water partition coefficient (Wildman–Crippen LogP) is 3.13. The van der Waals surface area contributed by atoms with Crippen LogP contribution >= 0.6 is 0 Å². The minimum atomic E-state index is -0.327. The number of benzene rings is 2. The summed E-state index contributed by atoms with van der Waals surface area (Å²) in [5.41, 5.74) is 2.83. The van der Waals surface area contributed by atoms with Gasteiger partial charge in [0.15, 0.2) is 0 Å². The number of hydrogen-bond acceptors (Lipinski definition) is 7. The predicted molar refractivity (Wildman–Crippen MR) is 114 cm³/mol. The maximum absolute atomic E-state index is 12.4. The van der Waals surface area contributed by atoms with Crippen molar-refractivity contribution in [3.05, 3.63) is 77.6 Å². The summed E-state index contributed by atoms with van der Waals surface area (Å²) >= 11 is 0. The Bertz CT molecular complexity index is 1270. The van der Waals surface area contributed by atoms with Crippen LogP contribution in [0.2, 0.25) is 0 Å². The summed E-state index contributed by atoms with van der Waals surface area (Å²) in [6.07, 6.45) is 1.49. The molecule has 0 aliphatic rings. The van der Waals surface area contributed by atoms with Crippen LogP contribution < -0.4 is 15.4 Å². The van der Waals surface area contributed by atoms with Crippen LogP contribution in [0.25, 0.3) is 11.0 Å². The topological polar surface area (TPSA) is 119 Å². The van der Waals surface area contributed by atoms with Crippen molar-refractivity contribution in [3.8, 4) is 11.5 Å². The fourth-order valence-electron chi connectivity index (χ4n) is 2.77. The maximum atomic E-state index is 12.4. The minimum absolute atomic E-state index is 0.0843. The van der Waals surface area contributed by atoms with Gasteiger partial charge >= 0.3 is 0 Å². The third-order valence-corrected chi connectivity index (χ3v) is 4.39. The van der Waals surface area contributed by atoms with E-state index in [2.05, 4.69) is 30.8 Å². The molecule has 2 N–H and O–H groups in total. The fourth-order valence-corrected chi connectivity index (χ4v) is 2.77. The number of fused-ring (bicyclic) bond motifs is 1. The molecule has 0 atom stereocenters. The van der Waals surface area contributed by atoms with Crippen molar-refractivity contribution in [2.45, 2.75) is 6.92 Å². The average Bonchev–Trinajstić information content (AvgIpc) is 2.79. The van der Waals surface area contributed by atoms with Gasteiger partial charge in [-0.25, -0.2) is 4.98 Å². The molecule has 4 aromatic rings. The van der Waals surface area contributed by atoms with Crippen LogP contribution in [-0.2, 0) is 0 Å². The number of rotatable bonds is 5. The van der Waals surface area contributed by atoms with Crippen LogP contribution in [0.1, 0.15) is 26.4 Å². The third kappa shape index (κ3) is 4.61. The van der Waals surface area contributed by atoms with E-state index in [1.807, 2.05) is 19.1 Å². The quantitative estimate of drug-likeness (QED) is 0.515. The van der Waals surface area contributed by atoms with Gasteiger partial charge in [-0.05, 0) is 37.3 Å². The number of aromatic nitrogens is 4. The van der Waals surface area contributed by atoms with Gasteiger partial charge < -0.3 is 10.1 Å². The van der Waals surface area contributed by atoms with Crippen LogP contribution in [0.3, 0.4) is 0 Å². The molecule has 0 aliphatic heterocycles. The van der Waals surface area contributed by atoms with Crippen molar-refractivity contribution >= 4 is 28.8 Å². The summed E-state index contributed by atoms with van der Waals surface area (Å²) in [5, 5.41) is 13.2. The van der Waals surface area contributed by atoms with Crippen molar-refractivity contribution < 1.29 is 14.3 Å². The Kier molecular flexibility index (Phi) is 5.48. The number of nitrogens with one attached hydrogen (secondary N) is 2. The van der Waals surface area contributed by atoms with Crippen LogP contribution in [-0.4, -0.2) is 39.0 Å². The van der Waals surface area contributed by atoms with Gasteiger partial charge in [0.1, 0.15) is 22.7 Å². The standard InChI is InChI=1S/C22H18N6O3/c1-13-3-5-14(6-4-13)20(29)26-22-25-18-11-15(7-8-17(18)27-28-22)31-16-9-10-24-19(12-16)21(30)23-2/h3-12H,1-2H3,(H,23,30)(H,25,26,28,29). The molecule has 2 amide bonds. The number of amides is 2. The second-order valence-electron chi connectivity index (χ2n) is 6.66. The van der Waals surface area contributed by atoms with Crippen molar-refractivity contribution in [1.29, 1.82) is 0 Å². The number of pyridine rings is 1. The summed E-state index contributed by atoms with van der Waals surface area (Å²) in [4.78, 5) is 32.5. The normalized spacial score (nSPS) is 10.5. The van der Waals surface area contributed by atoms with Gasteiger partial charge in [0.25, 0.3) is 11.8 Å². The lowest BCUT2D eigenvalue weighted by atomic mass is 10.1. The Morgan fingerprint density at radius 3 is 2.42 bits per heavy atom. The molecule has 2 aromatic heterocycles. The Morgan fingerprint density at radius 1 is 0.871 bits per heavy atom. The van der Waals surface area contributed by atoms with E-state index < -0.39 is 0 Å². The van der Waals surface area contributed by atoms with Crippen LogP contribution in [0.5, 0.6) is 11.5 Å². The molecule has 4 rings (SSSR count). The van der Waals surface area contributed by atoms with Gasteiger partial charge in [0, 0.05) is 30.9 Å². The minimum Gasteiger partial charge on any atom is -0.457 e. The lowest BCUT2D eigenvalue weighted by molar-refractivity contribution is 0.0957. The van der Waals surface area contributed by atoms with E-state index in [1.54, 1.807) is 36.4 Å². The first-order valence-corrected chi connectivity index (χ1v) is 9.40. The number of aryl methyl sites for hydroxylation is 1. The molecular formula is C22H18N6O3. The summed E-state index contributed by atoms with van der Waals surface area (Å²) in [6.45, 7) is 1.95. The van der Waals surface area contributed by atoms with Gasteiger partial charge in [-0.15, -0.1) is 10.2 Å². The second kappa shape index (κ2) is 8.54. The highest BCUT2D eigenvalue weighted by Gasteiger charge is 2.11. The van der Waals surface area contributed by atoms with Gasteiger partial charge in [-0.1, -0.05) is 17.7 Å². The molecule has 0 bridgehead atoms. The van der Waals surface area contributed by atoms with Crippen LogP contribution in [0, 0.1) is 6.92 Å². The first-order chi connectivity index (χ1) is 15.0. The van der Waals surface area contributed by atoms with Crippen molar-refractivity contribution in [2.75, 3.05) is 12.4 Å². The molecule has 31 heavy (non-hydrogen) atoms. The van der Waals surface area contributed by atoms with Crippen LogP contribution in [0.4, 0.5) is 5.95 Å². The molecular weight excluding hydrogens is 396 g/mol. The van der Waals surface area contributed by atoms with E-state index in [0.717, 1.165) is 5.56 Å². The van der Waals surface area contributed by atoms with Gasteiger partial charge in [-0.2, -0.15) is 0 Å². The average molecular weight is 414 g/mol. The lowest BCUT2D eigenvalue weighted by Crippen LogP contribution is -2.18. The first kappa shape index (κ1) is 19.9. The van der Waals surface area contributed by atoms with E-state index in [4.69, 9.17) is 4.74 Å². The molecule has 0 radical (unpaired) electrons. The van der Waals surface area contributed by atoms with Gasteiger partial charge in [0.05, 0.1) is 5.52 Å². The molecule has 2 heterocycles. The maximum Gasteiger partial charge on any atom is 0.269 e. The Hall–Kier alpha value is -4.40. The summed E-state index contributed by atoms with van der Waals surface area (Å²) in [5.74, 6) is 0.378. The number of carbonyl (C=O) groups excluding carboxylic acids is 2. The van der Waals surface area contributed by atoms with E-state index >= 15 is 0 Å². The molecule has 154 valence electrons. The van der Waals surface area contributed by atoms with E-state index in [-0.39, 0.29) is 23.5 Å². The van der Waals surface area contributed by atoms with E-state index in [1.165, 1.54) is 19.3 Å². The zero-order chi connectivity index (χ0) is 21.8. The van der Waals surface area contributed by atoms with Crippen LogP contribution in [0.15, 0.2) is 60.8 Å². The largest absolute Gasteiger partial charge is 0.457 e. The van der Waals surface area contributed by atoms with Crippen molar-refractivity contribution in [3.63, 3.8) is 0 Å². The summed E-state index contributed by atoms with van der Waals surface area (Å²) < 4.78 is 5.83. The first-order valence-electron chi connectivity index (χ1n) is 9.40. The molecule has 9 nitrogen and oxygen atoms in total. The molecule has 0 spiro atoms. The van der Waals surface area contributed by atoms with Gasteiger partial charge in [0.2, 0.25) is 5.95 Å². The Labute approximate surface area is 177 Å².